The van der Waals surface area contributed by atoms with Crippen molar-refractivity contribution in [3.63, 3.8) is 0 Å². The number of phenolic OH excluding ortho intramolecular Hbond substituents is 1. The summed E-state index contributed by atoms with van der Waals surface area (Å²) in [7, 11) is 0. The average molecular weight is 382 g/mol. The molecule has 6 heteroatoms. The number of β-amino-alcohol motifs (C(OH)–C–C–N with tert-alkyl or cyclic N) is 1. The highest BCUT2D eigenvalue weighted by atomic mass is 16.5. The van der Waals surface area contributed by atoms with Gasteiger partial charge in [-0.05, 0) is 61.9 Å². The van der Waals surface area contributed by atoms with Gasteiger partial charge in [-0.25, -0.2) is 0 Å². The Kier molecular flexibility index (Phi) is 4.77. The lowest BCUT2D eigenvalue weighted by atomic mass is 9.99. The van der Waals surface area contributed by atoms with Gasteiger partial charge in [0.15, 0.2) is 12.4 Å². The van der Waals surface area contributed by atoms with Crippen LogP contribution in [0.3, 0.4) is 0 Å². The Labute approximate surface area is 164 Å². The molecule has 28 heavy (non-hydrogen) atoms. The van der Waals surface area contributed by atoms with Crippen LogP contribution in [0.4, 0.5) is 5.69 Å². The normalized spacial score (nSPS) is 18.0. The molecule has 1 saturated carbocycles. The van der Waals surface area contributed by atoms with Crippen molar-refractivity contribution in [2.75, 3.05) is 18.5 Å². The molecule has 0 saturated heterocycles. The van der Waals surface area contributed by atoms with E-state index in [-0.39, 0.29) is 29.5 Å². The smallest absolute Gasteiger partial charge is 0.262 e. The van der Waals surface area contributed by atoms with Crippen LogP contribution in [0.1, 0.15) is 41.2 Å². The first-order valence-electron chi connectivity index (χ1n) is 9.65. The van der Waals surface area contributed by atoms with Gasteiger partial charge in [0.25, 0.3) is 5.91 Å². The van der Waals surface area contributed by atoms with E-state index in [1.807, 2.05) is 0 Å². The van der Waals surface area contributed by atoms with Crippen LogP contribution in [-0.4, -0.2) is 34.8 Å². The van der Waals surface area contributed by atoms with Crippen molar-refractivity contribution in [1.82, 2.24) is 5.32 Å². The fraction of sp³-hybridized carbons (Fsp3) is 0.409. The number of benzene rings is 2. The summed E-state index contributed by atoms with van der Waals surface area (Å²) < 4.78 is 5.48. The van der Waals surface area contributed by atoms with E-state index in [0.29, 0.717) is 17.9 Å². The summed E-state index contributed by atoms with van der Waals surface area (Å²) in [4.78, 5) is 11.5. The minimum Gasteiger partial charge on any atom is -0.506 e. The van der Waals surface area contributed by atoms with Crippen molar-refractivity contribution in [3.8, 4) is 11.5 Å². The Bertz CT molecular complexity index is 921. The van der Waals surface area contributed by atoms with E-state index in [2.05, 4.69) is 42.7 Å². The van der Waals surface area contributed by atoms with Gasteiger partial charge in [0, 0.05) is 17.6 Å². The maximum absolute atomic E-state index is 11.5. The van der Waals surface area contributed by atoms with Crippen LogP contribution in [0.15, 0.2) is 30.3 Å². The molecule has 4 rings (SSSR count). The number of aliphatic hydroxyl groups excluding tert-OH is 1. The number of anilines is 1. The molecule has 148 valence electrons. The zero-order valence-corrected chi connectivity index (χ0v) is 16.2. The third-order valence-electron chi connectivity index (χ3n) is 5.77. The zero-order chi connectivity index (χ0) is 19.9. The number of fused-ring (bicyclic) bond motifs is 1. The van der Waals surface area contributed by atoms with E-state index >= 15 is 0 Å². The number of phenols is 1. The van der Waals surface area contributed by atoms with E-state index in [0.717, 1.165) is 19.3 Å². The van der Waals surface area contributed by atoms with E-state index in [1.165, 1.54) is 22.8 Å². The number of aliphatic hydroxyl groups is 1. The van der Waals surface area contributed by atoms with Crippen LogP contribution in [0, 0.1) is 13.8 Å². The van der Waals surface area contributed by atoms with Gasteiger partial charge in [-0.1, -0.05) is 18.2 Å². The Morgan fingerprint density at radius 2 is 2.00 bits per heavy atom. The van der Waals surface area contributed by atoms with Crippen molar-refractivity contribution >= 4 is 11.6 Å². The van der Waals surface area contributed by atoms with E-state index in [4.69, 9.17) is 4.74 Å². The molecule has 0 spiro atoms. The summed E-state index contributed by atoms with van der Waals surface area (Å²) in [5.74, 6) is -0.0499. The van der Waals surface area contributed by atoms with Gasteiger partial charge in [-0.3, -0.25) is 4.79 Å². The van der Waals surface area contributed by atoms with Crippen molar-refractivity contribution in [3.05, 3.63) is 52.6 Å². The monoisotopic (exact) mass is 382 g/mol. The molecule has 1 amide bonds. The lowest BCUT2D eigenvalue weighted by Gasteiger charge is -2.25. The van der Waals surface area contributed by atoms with Gasteiger partial charge in [-0.15, -0.1) is 0 Å². The van der Waals surface area contributed by atoms with Crippen LogP contribution in [0.2, 0.25) is 0 Å². The maximum atomic E-state index is 11.5. The predicted octanol–water partition coefficient (Wildman–Crippen LogP) is 2.74. The molecule has 1 unspecified atom stereocenters. The summed E-state index contributed by atoms with van der Waals surface area (Å²) in [6, 6.07) is 9.67. The molecule has 2 aliphatic rings. The standard InChI is InChI=1S/C22H26N2O4/c1-13-3-4-15(9-14(13)2)10-22(7-8-22)23-11-18(26)16-5-6-17(25)20-21(16)28-12-19(27)24-20/h3-6,9,18,23,25-26H,7-8,10-12H2,1-2H3,(H,24,27). The molecule has 1 heterocycles. The number of hydrogen-bond donors (Lipinski definition) is 4. The number of carbonyl (C=O) groups is 1. The molecule has 1 atom stereocenters. The predicted molar refractivity (Wildman–Crippen MR) is 107 cm³/mol. The highest BCUT2D eigenvalue weighted by Gasteiger charge is 2.42. The second-order valence-electron chi connectivity index (χ2n) is 7.99. The number of nitrogens with one attached hydrogen (secondary N) is 2. The highest BCUT2D eigenvalue weighted by molar-refractivity contribution is 5.97. The summed E-state index contributed by atoms with van der Waals surface area (Å²) in [5, 5.41) is 26.8. The summed E-state index contributed by atoms with van der Waals surface area (Å²) in [6.07, 6.45) is 2.28. The van der Waals surface area contributed by atoms with Crippen LogP contribution in [-0.2, 0) is 11.2 Å². The number of aryl methyl sites for hydroxylation is 2. The number of carbonyl (C=O) groups excluding carboxylic acids is 1. The van der Waals surface area contributed by atoms with Crippen LogP contribution >= 0.6 is 0 Å². The van der Waals surface area contributed by atoms with Crippen molar-refractivity contribution in [1.29, 1.82) is 0 Å². The largest absolute Gasteiger partial charge is 0.506 e. The number of hydrogen-bond acceptors (Lipinski definition) is 5. The minimum absolute atomic E-state index is 0.0226. The molecule has 2 aromatic rings. The molecule has 0 aromatic heterocycles. The third-order valence-corrected chi connectivity index (χ3v) is 5.77. The second kappa shape index (κ2) is 7.11. The van der Waals surface area contributed by atoms with Gasteiger partial charge in [0.1, 0.15) is 11.4 Å². The quantitative estimate of drug-likeness (QED) is 0.577. The van der Waals surface area contributed by atoms with E-state index in [1.54, 1.807) is 6.07 Å². The average Bonchev–Trinajstić information content (AvgIpc) is 3.43. The zero-order valence-electron chi connectivity index (χ0n) is 16.2. The fourth-order valence-electron chi connectivity index (χ4n) is 3.73. The summed E-state index contributed by atoms with van der Waals surface area (Å²) in [6.45, 7) is 4.49. The molecular formula is C22H26N2O4. The number of rotatable bonds is 6. The van der Waals surface area contributed by atoms with Gasteiger partial charge in [0.05, 0.1) is 6.10 Å². The minimum atomic E-state index is -0.804. The van der Waals surface area contributed by atoms with Crippen LogP contribution < -0.4 is 15.4 Å². The first-order valence-corrected chi connectivity index (χ1v) is 9.65. The SMILES string of the molecule is Cc1ccc(CC2(NCC(O)c3ccc(O)c4c3OCC(=O)N4)CC2)cc1C. The summed E-state index contributed by atoms with van der Waals surface area (Å²) >= 11 is 0. The first-order chi connectivity index (χ1) is 13.4. The third kappa shape index (κ3) is 3.70. The second-order valence-corrected chi connectivity index (χ2v) is 7.99. The van der Waals surface area contributed by atoms with Crippen molar-refractivity contribution in [2.24, 2.45) is 0 Å². The molecule has 4 N–H and O–H groups in total. The highest BCUT2D eigenvalue weighted by Crippen LogP contribution is 2.43. The van der Waals surface area contributed by atoms with Crippen LogP contribution in [0.25, 0.3) is 0 Å². The first kappa shape index (κ1) is 18.8. The molecule has 0 bridgehead atoms. The van der Waals surface area contributed by atoms with Gasteiger partial charge >= 0.3 is 0 Å². The molecule has 6 nitrogen and oxygen atoms in total. The Morgan fingerprint density at radius 3 is 2.71 bits per heavy atom. The number of ether oxygens (including phenoxy) is 1. The Hall–Kier alpha value is -2.57. The molecule has 2 aromatic carbocycles. The number of aromatic hydroxyl groups is 1. The van der Waals surface area contributed by atoms with E-state index in [9.17, 15) is 15.0 Å². The fourth-order valence-corrected chi connectivity index (χ4v) is 3.73. The van der Waals surface area contributed by atoms with E-state index < -0.39 is 6.10 Å². The van der Waals surface area contributed by atoms with Crippen molar-refractivity contribution in [2.45, 2.75) is 44.8 Å². The van der Waals surface area contributed by atoms with Crippen molar-refractivity contribution < 1.29 is 19.7 Å². The summed E-state index contributed by atoms with van der Waals surface area (Å²) in [5.41, 5.74) is 4.70. The van der Waals surface area contributed by atoms with Gasteiger partial charge in [0.2, 0.25) is 0 Å². The molecule has 1 aliphatic heterocycles. The molecule has 1 fully saturated rings. The Morgan fingerprint density at radius 1 is 1.21 bits per heavy atom. The number of amides is 1. The van der Waals surface area contributed by atoms with Crippen LogP contribution in [0.5, 0.6) is 11.5 Å². The van der Waals surface area contributed by atoms with Gasteiger partial charge in [-0.2, -0.15) is 0 Å². The maximum Gasteiger partial charge on any atom is 0.262 e. The molecule has 1 aliphatic carbocycles. The molecule has 0 radical (unpaired) electrons. The lowest BCUT2D eigenvalue weighted by Crippen LogP contribution is -2.37. The topological polar surface area (TPSA) is 90.8 Å². The lowest BCUT2D eigenvalue weighted by molar-refractivity contribution is -0.118. The Balaban J connectivity index is 1.45. The van der Waals surface area contributed by atoms with Gasteiger partial charge < -0.3 is 25.6 Å². The molecular weight excluding hydrogens is 356 g/mol.